The van der Waals surface area contributed by atoms with E-state index < -0.39 is 0 Å². The second-order valence-electron chi connectivity index (χ2n) is 5.40. The van der Waals surface area contributed by atoms with Crippen LogP contribution in [0.25, 0.3) is 10.2 Å². The van der Waals surface area contributed by atoms with Crippen LogP contribution in [0.3, 0.4) is 0 Å². The van der Waals surface area contributed by atoms with Gasteiger partial charge in [-0.2, -0.15) is 0 Å². The summed E-state index contributed by atoms with van der Waals surface area (Å²) in [6.45, 7) is 2.56. The minimum Gasteiger partial charge on any atom is -0.494 e. The van der Waals surface area contributed by atoms with Crippen LogP contribution in [-0.2, 0) is 0 Å². The standard InChI is InChI=1S/C18H14N2O3S2/c1-2-23-11-7-8-14-15(9-11)25-18(19-14)24-10-20-16(21)12-5-3-4-6-13(12)17(20)22/h3-9H,2,10H2,1H3. The smallest absolute Gasteiger partial charge is 0.262 e. The lowest BCUT2D eigenvalue weighted by Crippen LogP contribution is -2.29. The van der Waals surface area contributed by atoms with Gasteiger partial charge in [-0.3, -0.25) is 14.5 Å². The van der Waals surface area contributed by atoms with Crippen LogP contribution < -0.4 is 4.74 Å². The molecule has 1 aliphatic heterocycles. The number of hydrogen-bond acceptors (Lipinski definition) is 6. The highest BCUT2D eigenvalue weighted by Gasteiger charge is 2.35. The highest BCUT2D eigenvalue weighted by Crippen LogP contribution is 2.33. The zero-order valence-corrected chi connectivity index (χ0v) is 15.0. The minimum absolute atomic E-state index is 0.243. The lowest BCUT2D eigenvalue weighted by atomic mass is 10.1. The number of imide groups is 1. The van der Waals surface area contributed by atoms with Crippen LogP contribution >= 0.6 is 23.1 Å². The maximum Gasteiger partial charge on any atom is 0.262 e. The molecule has 1 aromatic heterocycles. The molecule has 2 heterocycles. The summed E-state index contributed by atoms with van der Waals surface area (Å²) in [5.41, 5.74) is 1.83. The summed E-state index contributed by atoms with van der Waals surface area (Å²) in [6.07, 6.45) is 0. The van der Waals surface area contributed by atoms with E-state index >= 15 is 0 Å². The van der Waals surface area contributed by atoms with Gasteiger partial charge in [0.25, 0.3) is 11.8 Å². The average Bonchev–Trinajstić information content (AvgIpc) is 3.13. The molecule has 4 rings (SSSR count). The van der Waals surface area contributed by atoms with E-state index in [1.807, 2.05) is 25.1 Å². The van der Waals surface area contributed by atoms with Crippen molar-refractivity contribution in [1.82, 2.24) is 9.88 Å². The van der Waals surface area contributed by atoms with E-state index in [0.717, 1.165) is 20.3 Å². The largest absolute Gasteiger partial charge is 0.494 e. The van der Waals surface area contributed by atoms with Crippen molar-refractivity contribution in [2.75, 3.05) is 12.5 Å². The van der Waals surface area contributed by atoms with Crippen molar-refractivity contribution >= 4 is 45.1 Å². The normalized spacial score (nSPS) is 13.6. The van der Waals surface area contributed by atoms with E-state index in [9.17, 15) is 9.59 Å². The first-order valence-corrected chi connectivity index (χ1v) is 9.59. The maximum absolute atomic E-state index is 12.4. The summed E-state index contributed by atoms with van der Waals surface area (Å²) >= 11 is 2.92. The summed E-state index contributed by atoms with van der Waals surface area (Å²) in [5.74, 6) is 0.584. The molecule has 0 radical (unpaired) electrons. The van der Waals surface area contributed by atoms with Crippen molar-refractivity contribution in [3.8, 4) is 5.75 Å². The van der Waals surface area contributed by atoms with Gasteiger partial charge in [0, 0.05) is 0 Å². The molecular formula is C18H14N2O3S2. The highest BCUT2D eigenvalue weighted by atomic mass is 32.2. The summed E-state index contributed by atoms with van der Waals surface area (Å²) in [4.78, 5) is 30.6. The molecule has 3 aromatic rings. The second kappa shape index (κ2) is 6.50. The van der Waals surface area contributed by atoms with Crippen LogP contribution in [0.15, 0.2) is 46.8 Å². The van der Waals surface area contributed by atoms with Crippen molar-refractivity contribution in [2.24, 2.45) is 0 Å². The SMILES string of the molecule is CCOc1ccc2nc(SCN3C(=O)c4ccccc4C3=O)sc2c1. The summed E-state index contributed by atoms with van der Waals surface area (Å²) in [5, 5.41) is 0. The topological polar surface area (TPSA) is 59.5 Å². The first-order valence-electron chi connectivity index (χ1n) is 7.79. The number of thiazole rings is 1. The molecule has 126 valence electrons. The molecule has 0 unspecified atom stereocenters. The predicted molar refractivity (Wildman–Crippen MR) is 98.5 cm³/mol. The third-order valence-corrected chi connectivity index (χ3v) is 5.99. The number of hydrogen-bond donors (Lipinski definition) is 0. The fraction of sp³-hybridized carbons (Fsp3) is 0.167. The maximum atomic E-state index is 12.4. The van der Waals surface area contributed by atoms with E-state index in [0.29, 0.717) is 17.7 Å². The van der Waals surface area contributed by atoms with Gasteiger partial charge in [0.2, 0.25) is 0 Å². The number of amides is 2. The van der Waals surface area contributed by atoms with E-state index in [2.05, 4.69) is 4.98 Å². The number of ether oxygens (including phenoxy) is 1. The van der Waals surface area contributed by atoms with Gasteiger partial charge in [-0.05, 0) is 37.3 Å². The number of carbonyl (C=O) groups is 2. The van der Waals surface area contributed by atoms with Crippen molar-refractivity contribution in [1.29, 1.82) is 0 Å². The van der Waals surface area contributed by atoms with Crippen LogP contribution in [-0.4, -0.2) is 34.2 Å². The van der Waals surface area contributed by atoms with Crippen molar-refractivity contribution in [2.45, 2.75) is 11.3 Å². The molecule has 2 aromatic carbocycles. The molecule has 0 aliphatic carbocycles. The number of thioether (sulfide) groups is 1. The molecule has 0 saturated heterocycles. The lowest BCUT2D eigenvalue weighted by molar-refractivity contribution is 0.0684. The summed E-state index contributed by atoms with van der Waals surface area (Å²) in [6, 6.07) is 12.7. The Bertz CT molecular complexity index is 948. The van der Waals surface area contributed by atoms with Gasteiger partial charge >= 0.3 is 0 Å². The van der Waals surface area contributed by atoms with E-state index in [1.54, 1.807) is 24.3 Å². The molecule has 0 atom stereocenters. The van der Waals surface area contributed by atoms with Gasteiger partial charge in [-0.15, -0.1) is 11.3 Å². The number of benzene rings is 2. The Hall–Kier alpha value is -2.38. The Morgan fingerprint density at radius 1 is 1.12 bits per heavy atom. The van der Waals surface area contributed by atoms with Crippen LogP contribution in [0.2, 0.25) is 0 Å². The van der Waals surface area contributed by atoms with E-state index in [-0.39, 0.29) is 17.7 Å². The molecule has 7 heteroatoms. The zero-order chi connectivity index (χ0) is 17.4. The third-order valence-electron chi connectivity index (χ3n) is 3.85. The van der Waals surface area contributed by atoms with Gasteiger partial charge in [-0.1, -0.05) is 23.9 Å². The molecule has 0 fully saturated rings. The van der Waals surface area contributed by atoms with Crippen molar-refractivity contribution in [3.63, 3.8) is 0 Å². The third kappa shape index (κ3) is 2.89. The molecule has 25 heavy (non-hydrogen) atoms. The molecular weight excluding hydrogens is 356 g/mol. The minimum atomic E-state index is -0.243. The highest BCUT2D eigenvalue weighted by molar-refractivity contribution is 8.01. The van der Waals surface area contributed by atoms with Gasteiger partial charge < -0.3 is 4.74 Å². The van der Waals surface area contributed by atoms with Crippen LogP contribution in [0.4, 0.5) is 0 Å². The summed E-state index contributed by atoms with van der Waals surface area (Å²) < 4.78 is 7.35. The lowest BCUT2D eigenvalue weighted by Gasteiger charge is -2.11. The molecule has 0 saturated carbocycles. The van der Waals surface area contributed by atoms with E-state index in [1.165, 1.54) is 28.0 Å². The molecule has 0 bridgehead atoms. The quantitative estimate of drug-likeness (QED) is 0.501. The Kier molecular flexibility index (Phi) is 4.19. The number of rotatable bonds is 5. The molecule has 0 spiro atoms. The molecule has 2 amide bonds. The molecule has 5 nitrogen and oxygen atoms in total. The van der Waals surface area contributed by atoms with Crippen LogP contribution in [0, 0.1) is 0 Å². The number of fused-ring (bicyclic) bond motifs is 2. The van der Waals surface area contributed by atoms with E-state index in [4.69, 9.17) is 4.74 Å². The Balaban J connectivity index is 1.51. The average molecular weight is 370 g/mol. The van der Waals surface area contributed by atoms with Crippen LogP contribution in [0.1, 0.15) is 27.6 Å². The first-order chi connectivity index (χ1) is 12.2. The fourth-order valence-electron chi connectivity index (χ4n) is 2.68. The van der Waals surface area contributed by atoms with Crippen molar-refractivity contribution < 1.29 is 14.3 Å². The zero-order valence-electron chi connectivity index (χ0n) is 13.4. The van der Waals surface area contributed by atoms with Gasteiger partial charge in [0.1, 0.15) is 5.75 Å². The van der Waals surface area contributed by atoms with Gasteiger partial charge in [0.05, 0.1) is 33.8 Å². The van der Waals surface area contributed by atoms with Gasteiger partial charge in [-0.25, -0.2) is 4.98 Å². The molecule has 1 aliphatic rings. The Morgan fingerprint density at radius 3 is 2.52 bits per heavy atom. The van der Waals surface area contributed by atoms with Crippen molar-refractivity contribution in [3.05, 3.63) is 53.6 Å². The van der Waals surface area contributed by atoms with Crippen LogP contribution in [0.5, 0.6) is 5.75 Å². The summed E-state index contributed by atoms with van der Waals surface area (Å²) in [7, 11) is 0. The monoisotopic (exact) mass is 370 g/mol. The fourth-order valence-corrected chi connectivity index (χ4v) is 4.70. The Labute approximate surface area is 152 Å². The number of aromatic nitrogens is 1. The predicted octanol–water partition coefficient (Wildman–Crippen LogP) is 4.04. The molecule has 0 N–H and O–H groups in total. The second-order valence-corrected chi connectivity index (χ2v) is 7.62. The number of carbonyl (C=O) groups excluding carboxylic acids is 2. The Morgan fingerprint density at radius 2 is 1.84 bits per heavy atom. The van der Waals surface area contributed by atoms with Gasteiger partial charge in [0.15, 0.2) is 4.34 Å². The first kappa shape index (κ1) is 16.1. The number of nitrogens with zero attached hydrogens (tertiary/aromatic N) is 2.